The van der Waals surface area contributed by atoms with Crippen LogP contribution in [0.1, 0.15) is 32.8 Å². The van der Waals surface area contributed by atoms with Crippen molar-refractivity contribution in [3.63, 3.8) is 0 Å². The molecule has 4 N–H and O–H groups in total. The van der Waals surface area contributed by atoms with E-state index >= 15 is 0 Å². The number of ether oxygens (including phenoxy) is 2. The van der Waals surface area contributed by atoms with E-state index in [9.17, 15) is 14.4 Å². The van der Waals surface area contributed by atoms with Crippen molar-refractivity contribution in [3.8, 4) is 0 Å². The number of methoxy groups -OCH3 is 1. The van der Waals surface area contributed by atoms with Crippen molar-refractivity contribution in [1.82, 2.24) is 5.32 Å². The van der Waals surface area contributed by atoms with Gasteiger partial charge in [0.25, 0.3) is 0 Å². The van der Waals surface area contributed by atoms with Crippen LogP contribution in [0.4, 0.5) is 10.5 Å². The highest BCUT2D eigenvalue weighted by Gasteiger charge is 2.26. The molecule has 0 saturated heterocycles. The Morgan fingerprint density at radius 3 is 2.24 bits per heavy atom. The zero-order valence-electron chi connectivity index (χ0n) is 14.9. The zero-order chi connectivity index (χ0) is 19.0. The minimum Gasteiger partial charge on any atom is -0.444 e. The summed E-state index contributed by atoms with van der Waals surface area (Å²) >= 11 is 0. The molecule has 0 fully saturated rings. The smallest absolute Gasteiger partial charge is 0.408 e. The van der Waals surface area contributed by atoms with Crippen molar-refractivity contribution in [2.24, 2.45) is 5.73 Å². The first-order chi connectivity index (χ1) is 11.6. The first-order valence-electron chi connectivity index (χ1n) is 7.77. The molecule has 1 rings (SSSR count). The van der Waals surface area contributed by atoms with E-state index in [1.165, 1.54) is 0 Å². The Balaban J connectivity index is 2.75. The summed E-state index contributed by atoms with van der Waals surface area (Å²) in [5, 5.41) is 4.99. The summed E-state index contributed by atoms with van der Waals surface area (Å²) in [5.74, 6) is -1.28. The van der Waals surface area contributed by atoms with Crippen LogP contribution in [0.25, 0.3) is 0 Å². The van der Waals surface area contributed by atoms with Crippen LogP contribution in [-0.4, -0.2) is 36.7 Å². The minimum atomic E-state index is -1.13. The molecule has 3 amide bonds. The van der Waals surface area contributed by atoms with Crippen LogP contribution >= 0.6 is 0 Å². The summed E-state index contributed by atoms with van der Waals surface area (Å²) in [5.41, 5.74) is 5.89. The molecule has 8 heteroatoms. The number of anilines is 1. The number of hydrogen-bond acceptors (Lipinski definition) is 5. The number of benzene rings is 1. The third-order valence-corrected chi connectivity index (χ3v) is 2.95. The number of alkyl carbamates (subject to hydrolysis) is 1. The molecule has 1 aromatic carbocycles. The first-order valence-corrected chi connectivity index (χ1v) is 7.77. The molecular weight excluding hydrogens is 326 g/mol. The van der Waals surface area contributed by atoms with Crippen molar-refractivity contribution in [1.29, 1.82) is 0 Å². The summed E-state index contributed by atoms with van der Waals surface area (Å²) < 4.78 is 10.1. The average Bonchev–Trinajstić information content (AvgIpc) is 2.46. The lowest BCUT2D eigenvalue weighted by Crippen LogP contribution is -2.47. The van der Waals surface area contributed by atoms with Gasteiger partial charge in [-0.2, -0.15) is 0 Å². The third-order valence-electron chi connectivity index (χ3n) is 2.95. The number of primary amides is 1. The van der Waals surface area contributed by atoms with Crippen LogP contribution in [0, 0.1) is 0 Å². The molecule has 0 spiro atoms. The van der Waals surface area contributed by atoms with Gasteiger partial charge in [-0.1, -0.05) is 12.1 Å². The molecule has 0 aliphatic heterocycles. The SMILES string of the molecule is COCc1ccc(NC(=O)[C@@H](CC(N)=O)NC(=O)OC(C)(C)C)cc1. The van der Waals surface area contributed by atoms with E-state index < -0.39 is 29.6 Å². The molecule has 0 radical (unpaired) electrons. The molecule has 0 heterocycles. The number of amides is 3. The molecule has 8 nitrogen and oxygen atoms in total. The Bertz CT molecular complexity index is 608. The zero-order valence-corrected chi connectivity index (χ0v) is 14.9. The molecule has 0 aliphatic rings. The molecule has 1 aromatic rings. The van der Waals surface area contributed by atoms with Crippen LogP contribution in [0.3, 0.4) is 0 Å². The molecule has 0 aliphatic carbocycles. The van der Waals surface area contributed by atoms with Gasteiger partial charge in [0.05, 0.1) is 13.0 Å². The molecule has 0 aromatic heterocycles. The van der Waals surface area contributed by atoms with Gasteiger partial charge in [0.2, 0.25) is 11.8 Å². The second-order valence-corrected chi connectivity index (χ2v) is 6.49. The molecule has 1 atom stereocenters. The van der Waals surface area contributed by atoms with E-state index in [1.807, 2.05) is 0 Å². The molecule has 0 unspecified atom stereocenters. The monoisotopic (exact) mass is 351 g/mol. The largest absolute Gasteiger partial charge is 0.444 e. The third kappa shape index (κ3) is 8.16. The van der Waals surface area contributed by atoms with E-state index in [-0.39, 0.29) is 6.42 Å². The van der Waals surface area contributed by atoms with Gasteiger partial charge in [0.15, 0.2) is 0 Å². The number of nitrogens with two attached hydrogens (primary N) is 1. The summed E-state index contributed by atoms with van der Waals surface area (Å²) in [6.07, 6.45) is -1.14. The topological polar surface area (TPSA) is 120 Å². The number of carbonyl (C=O) groups excluding carboxylic acids is 3. The maximum Gasteiger partial charge on any atom is 0.408 e. The second kappa shape index (κ2) is 9.03. The molecule has 25 heavy (non-hydrogen) atoms. The summed E-state index contributed by atoms with van der Waals surface area (Å²) in [7, 11) is 1.59. The summed E-state index contributed by atoms with van der Waals surface area (Å²) in [6.45, 7) is 5.53. The highest BCUT2D eigenvalue weighted by Crippen LogP contribution is 2.12. The Kier molecular flexibility index (Phi) is 7.38. The Labute approximate surface area is 147 Å². The van der Waals surface area contributed by atoms with E-state index in [2.05, 4.69) is 10.6 Å². The molecular formula is C17H25N3O5. The van der Waals surface area contributed by atoms with Gasteiger partial charge in [0.1, 0.15) is 11.6 Å². The van der Waals surface area contributed by atoms with Crippen LogP contribution in [0.15, 0.2) is 24.3 Å². The standard InChI is InChI=1S/C17H25N3O5/c1-17(2,3)25-16(23)20-13(9-14(18)21)15(22)19-12-7-5-11(6-8-12)10-24-4/h5-8,13H,9-10H2,1-4H3,(H2,18,21)(H,19,22)(H,20,23)/t13-/m1/s1. The van der Waals surface area contributed by atoms with E-state index in [0.29, 0.717) is 12.3 Å². The lowest BCUT2D eigenvalue weighted by Gasteiger charge is -2.22. The predicted molar refractivity (Wildman–Crippen MR) is 92.8 cm³/mol. The van der Waals surface area contributed by atoms with Crippen LogP contribution in [-0.2, 0) is 25.7 Å². The number of carbonyl (C=O) groups is 3. The summed E-state index contributed by atoms with van der Waals surface area (Å²) in [6, 6.07) is 5.85. The fraction of sp³-hybridized carbons (Fsp3) is 0.471. The highest BCUT2D eigenvalue weighted by molar-refractivity contribution is 5.99. The Morgan fingerprint density at radius 1 is 1.16 bits per heavy atom. The van der Waals surface area contributed by atoms with Crippen molar-refractivity contribution < 1.29 is 23.9 Å². The van der Waals surface area contributed by atoms with Gasteiger partial charge in [-0.25, -0.2) is 4.79 Å². The predicted octanol–water partition coefficient (Wildman–Crippen LogP) is 1.54. The van der Waals surface area contributed by atoms with Crippen LogP contribution < -0.4 is 16.4 Å². The summed E-state index contributed by atoms with van der Waals surface area (Å²) in [4.78, 5) is 35.4. The normalized spacial score (nSPS) is 12.2. The second-order valence-electron chi connectivity index (χ2n) is 6.49. The van der Waals surface area contributed by atoms with Gasteiger partial charge in [-0.05, 0) is 38.5 Å². The lowest BCUT2D eigenvalue weighted by atomic mass is 10.1. The van der Waals surface area contributed by atoms with Crippen molar-refractivity contribution in [2.45, 2.75) is 45.4 Å². The number of hydrogen-bond donors (Lipinski definition) is 3. The molecule has 138 valence electrons. The fourth-order valence-electron chi connectivity index (χ4n) is 1.94. The van der Waals surface area contributed by atoms with Gasteiger partial charge in [-0.3, -0.25) is 9.59 Å². The lowest BCUT2D eigenvalue weighted by molar-refractivity contribution is -0.124. The Morgan fingerprint density at radius 2 is 1.76 bits per heavy atom. The van der Waals surface area contributed by atoms with Gasteiger partial charge >= 0.3 is 6.09 Å². The quantitative estimate of drug-likeness (QED) is 0.688. The van der Waals surface area contributed by atoms with Gasteiger partial charge in [-0.15, -0.1) is 0 Å². The average molecular weight is 351 g/mol. The number of nitrogens with one attached hydrogen (secondary N) is 2. The minimum absolute atomic E-state index is 0.340. The first kappa shape index (κ1) is 20.4. The van der Waals surface area contributed by atoms with Crippen molar-refractivity contribution in [2.75, 3.05) is 12.4 Å². The number of rotatable bonds is 7. The van der Waals surface area contributed by atoms with E-state index in [4.69, 9.17) is 15.2 Å². The molecule has 0 saturated carbocycles. The van der Waals surface area contributed by atoms with Crippen LogP contribution in [0.2, 0.25) is 0 Å². The highest BCUT2D eigenvalue weighted by atomic mass is 16.6. The maximum atomic E-state index is 12.3. The van der Waals surface area contributed by atoms with Crippen molar-refractivity contribution >= 4 is 23.6 Å². The molecule has 0 bridgehead atoms. The van der Waals surface area contributed by atoms with Crippen LogP contribution in [0.5, 0.6) is 0 Å². The van der Waals surface area contributed by atoms with Gasteiger partial charge < -0.3 is 25.8 Å². The fourth-order valence-corrected chi connectivity index (χ4v) is 1.94. The maximum absolute atomic E-state index is 12.3. The Hall–Kier alpha value is -2.61. The van der Waals surface area contributed by atoms with Gasteiger partial charge in [0, 0.05) is 12.8 Å². The van der Waals surface area contributed by atoms with Crippen molar-refractivity contribution in [3.05, 3.63) is 29.8 Å². The van der Waals surface area contributed by atoms with E-state index in [0.717, 1.165) is 5.56 Å². The van der Waals surface area contributed by atoms with E-state index in [1.54, 1.807) is 52.1 Å².